The Kier molecular flexibility index (Phi) is 4.01. The molecule has 1 aromatic carbocycles. The van der Waals surface area contributed by atoms with Gasteiger partial charge in [-0.25, -0.2) is 0 Å². The molecule has 1 fully saturated rings. The van der Waals surface area contributed by atoms with Crippen LogP contribution in [0.5, 0.6) is 11.5 Å². The van der Waals surface area contributed by atoms with Gasteiger partial charge in [-0.15, -0.1) is 0 Å². The van der Waals surface area contributed by atoms with Crippen molar-refractivity contribution in [3.63, 3.8) is 0 Å². The molecule has 5 heteroatoms. The molecule has 114 valence electrons. The van der Waals surface area contributed by atoms with Gasteiger partial charge in [0.25, 0.3) is 0 Å². The van der Waals surface area contributed by atoms with E-state index in [0.29, 0.717) is 31.7 Å². The van der Waals surface area contributed by atoms with Crippen LogP contribution in [-0.2, 0) is 4.79 Å². The third-order valence-electron chi connectivity index (χ3n) is 4.20. The van der Waals surface area contributed by atoms with Crippen LogP contribution in [0.4, 0.5) is 0 Å². The van der Waals surface area contributed by atoms with E-state index in [-0.39, 0.29) is 11.8 Å². The van der Waals surface area contributed by atoms with Gasteiger partial charge in [-0.2, -0.15) is 0 Å². The maximum absolute atomic E-state index is 12.1. The molecule has 3 unspecified atom stereocenters. The fourth-order valence-corrected chi connectivity index (χ4v) is 2.63. The van der Waals surface area contributed by atoms with Crippen LogP contribution >= 0.6 is 0 Å². The predicted molar refractivity (Wildman–Crippen MR) is 79.8 cm³/mol. The Morgan fingerprint density at radius 2 is 2.10 bits per heavy atom. The summed E-state index contributed by atoms with van der Waals surface area (Å²) in [4.78, 5) is 12.1. The lowest BCUT2D eigenvalue weighted by molar-refractivity contribution is -0.122. The zero-order chi connectivity index (χ0) is 14.8. The molecule has 0 spiro atoms. The minimum absolute atomic E-state index is 0.0941. The predicted octanol–water partition coefficient (Wildman–Crippen LogP) is 1.29. The molecule has 1 aliphatic heterocycles. The molecule has 2 aliphatic rings. The molecular formula is C16H22N2O3. The van der Waals surface area contributed by atoms with Crippen molar-refractivity contribution in [1.29, 1.82) is 0 Å². The van der Waals surface area contributed by atoms with Crippen molar-refractivity contribution >= 4 is 5.91 Å². The topological polar surface area (TPSA) is 59.6 Å². The average Bonchev–Trinajstić information content (AvgIpc) is 3.32. The van der Waals surface area contributed by atoms with E-state index >= 15 is 0 Å². The molecule has 0 radical (unpaired) electrons. The number of carbonyl (C=O) groups is 1. The molecular weight excluding hydrogens is 268 g/mol. The molecule has 1 saturated carbocycles. The lowest BCUT2D eigenvalue weighted by Crippen LogP contribution is -2.37. The van der Waals surface area contributed by atoms with Gasteiger partial charge >= 0.3 is 0 Å². The lowest BCUT2D eigenvalue weighted by atomic mass is 10.1. The summed E-state index contributed by atoms with van der Waals surface area (Å²) in [5.41, 5.74) is 1.17. The largest absolute Gasteiger partial charge is 0.486 e. The summed E-state index contributed by atoms with van der Waals surface area (Å²) < 4.78 is 11.1. The Hall–Kier alpha value is -1.75. The molecule has 21 heavy (non-hydrogen) atoms. The Morgan fingerprint density at radius 1 is 1.33 bits per heavy atom. The molecule has 1 aromatic rings. The van der Waals surface area contributed by atoms with Gasteiger partial charge in [0, 0.05) is 18.5 Å². The number of benzene rings is 1. The van der Waals surface area contributed by atoms with Crippen molar-refractivity contribution in [2.24, 2.45) is 5.92 Å². The quantitative estimate of drug-likeness (QED) is 0.858. The van der Waals surface area contributed by atoms with Crippen molar-refractivity contribution in [1.82, 2.24) is 10.6 Å². The van der Waals surface area contributed by atoms with Crippen molar-refractivity contribution < 1.29 is 14.3 Å². The number of rotatable bonds is 5. The molecule has 1 aliphatic carbocycles. The summed E-state index contributed by atoms with van der Waals surface area (Å²) in [5, 5.41) is 6.11. The van der Waals surface area contributed by atoms with E-state index in [1.807, 2.05) is 32.2 Å². The SMILES string of the molecule is CNC(C)CNC(=O)C1CC1c1ccc2c(c1)OCCO2. The molecule has 0 saturated heterocycles. The standard InChI is InChI=1S/C16H22N2O3/c1-10(17-2)9-18-16(19)13-8-12(13)11-3-4-14-15(7-11)21-6-5-20-14/h3-4,7,10,12-13,17H,5-6,8-9H2,1-2H3,(H,18,19). The number of likely N-dealkylation sites (N-methyl/N-ethyl adjacent to an activating group) is 1. The van der Waals surface area contributed by atoms with Crippen molar-refractivity contribution in [2.45, 2.75) is 25.3 Å². The van der Waals surface area contributed by atoms with Crippen LogP contribution < -0.4 is 20.1 Å². The van der Waals surface area contributed by atoms with E-state index in [9.17, 15) is 4.79 Å². The van der Waals surface area contributed by atoms with Gasteiger partial charge in [-0.1, -0.05) is 6.07 Å². The molecule has 0 aromatic heterocycles. The van der Waals surface area contributed by atoms with Crippen LogP contribution in [0.1, 0.15) is 24.8 Å². The average molecular weight is 290 g/mol. The highest BCUT2D eigenvalue weighted by Crippen LogP contribution is 2.49. The van der Waals surface area contributed by atoms with Crippen LogP contribution in [0.2, 0.25) is 0 Å². The van der Waals surface area contributed by atoms with E-state index in [2.05, 4.69) is 10.6 Å². The number of nitrogens with one attached hydrogen (secondary N) is 2. The van der Waals surface area contributed by atoms with Crippen LogP contribution in [-0.4, -0.2) is 38.8 Å². The smallest absolute Gasteiger partial charge is 0.223 e. The number of amides is 1. The molecule has 5 nitrogen and oxygen atoms in total. The number of hydrogen-bond acceptors (Lipinski definition) is 4. The van der Waals surface area contributed by atoms with E-state index in [0.717, 1.165) is 17.9 Å². The summed E-state index contributed by atoms with van der Waals surface area (Å²) >= 11 is 0. The second kappa shape index (κ2) is 5.93. The summed E-state index contributed by atoms with van der Waals surface area (Å²) in [6.45, 7) is 3.91. The Morgan fingerprint density at radius 3 is 2.86 bits per heavy atom. The van der Waals surface area contributed by atoms with Crippen molar-refractivity contribution in [3.8, 4) is 11.5 Å². The summed E-state index contributed by atoms with van der Waals surface area (Å²) in [5.74, 6) is 2.16. The maximum Gasteiger partial charge on any atom is 0.223 e. The van der Waals surface area contributed by atoms with Crippen LogP contribution in [0.25, 0.3) is 0 Å². The normalized spacial score (nSPS) is 24.3. The first-order chi connectivity index (χ1) is 10.2. The number of fused-ring (bicyclic) bond motifs is 1. The maximum atomic E-state index is 12.1. The Labute approximate surface area is 125 Å². The first-order valence-electron chi connectivity index (χ1n) is 7.53. The highest BCUT2D eigenvalue weighted by molar-refractivity contribution is 5.83. The zero-order valence-corrected chi connectivity index (χ0v) is 12.5. The fraction of sp³-hybridized carbons (Fsp3) is 0.562. The minimum Gasteiger partial charge on any atom is -0.486 e. The minimum atomic E-state index is 0.0941. The van der Waals surface area contributed by atoms with Crippen molar-refractivity contribution in [3.05, 3.63) is 23.8 Å². The molecule has 0 bridgehead atoms. The van der Waals surface area contributed by atoms with Gasteiger partial charge in [0.2, 0.25) is 5.91 Å². The van der Waals surface area contributed by atoms with Gasteiger partial charge < -0.3 is 20.1 Å². The highest BCUT2D eigenvalue weighted by Gasteiger charge is 2.44. The molecule has 2 N–H and O–H groups in total. The Bertz CT molecular complexity index is 532. The molecule has 1 heterocycles. The van der Waals surface area contributed by atoms with E-state index in [4.69, 9.17) is 9.47 Å². The first-order valence-corrected chi connectivity index (χ1v) is 7.53. The van der Waals surface area contributed by atoms with Gasteiger partial charge in [0.1, 0.15) is 13.2 Å². The summed E-state index contributed by atoms with van der Waals surface area (Å²) in [6, 6.07) is 6.30. The first kappa shape index (κ1) is 14.2. The monoisotopic (exact) mass is 290 g/mol. The van der Waals surface area contributed by atoms with Crippen LogP contribution in [0.15, 0.2) is 18.2 Å². The van der Waals surface area contributed by atoms with Crippen LogP contribution in [0, 0.1) is 5.92 Å². The fourth-order valence-electron chi connectivity index (χ4n) is 2.63. The third-order valence-corrected chi connectivity index (χ3v) is 4.20. The number of carbonyl (C=O) groups excluding carboxylic acids is 1. The molecule has 1 amide bonds. The highest BCUT2D eigenvalue weighted by atomic mass is 16.6. The van der Waals surface area contributed by atoms with Crippen molar-refractivity contribution in [2.75, 3.05) is 26.8 Å². The summed E-state index contributed by atoms with van der Waals surface area (Å²) in [7, 11) is 1.89. The van der Waals surface area contributed by atoms with Crippen LogP contribution in [0.3, 0.4) is 0 Å². The number of hydrogen-bond donors (Lipinski definition) is 2. The van der Waals surface area contributed by atoms with E-state index < -0.39 is 0 Å². The summed E-state index contributed by atoms with van der Waals surface area (Å²) in [6.07, 6.45) is 0.916. The van der Waals surface area contributed by atoms with E-state index in [1.165, 1.54) is 5.56 Å². The van der Waals surface area contributed by atoms with Gasteiger partial charge in [0.15, 0.2) is 11.5 Å². The molecule has 3 atom stereocenters. The second-order valence-corrected chi connectivity index (χ2v) is 5.79. The second-order valence-electron chi connectivity index (χ2n) is 5.79. The lowest BCUT2D eigenvalue weighted by Gasteiger charge is -2.19. The van der Waals surface area contributed by atoms with Gasteiger partial charge in [0.05, 0.1) is 0 Å². The van der Waals surface area contributed by atoms with E-state index in [1.54, 1.807) is 0 Å². The molecule has 3 rings (SSSR count). The zero-order valence-electron chi connectivity index (χ0n) is 12.5. The third kappa shape index (κ3) is 3.13. The van der Waals surface area contributed by atoms with Gasteiger partial charge in [-0.05, 0) is 44.0 Å². The number of ether oxygens (including phenoxy) is 2. The Balaban J connectivity index is 1.58. The van der Waals surface area contributed by atoms with Gasteiger partial charge in [-0.3, -0.25) is 4.79 Å².